The Hall–Kier alpha value is -2.63. The quantitative estimate of drug-likeness (QED) is 0.676. The Labute approximate surface area is 178 Å². The molecule has 0 atom stereocenters. The Kier molecular flexibility index (Phi) is 5.67. The second-order valence-electron chi connectivity index (χ2n) is 7.06. The molecule has 0 aromatic carbocycles. The fourth-order valence-corrected chi connectivity index (χ4v) is 4.05. The minimum absolute atomic E-state index is 0.0205. The van der Waals surface area contributed by atoms with Crippen molar-refractivity contribution in [2.75, 3.05) is 25.0 Å². The summed E-state index contributed by atoms with van der Waals surface area (Å²) in [6, 6.07) is 0.800. The number of aryl methyl sites for hydroxylation is 1. The van der Waals surface area contributed by atoms with Gasteiger partial charge in [0.25, 0.3) is 12.3 Å². The molecule has 0 unspecified atom stereocenters. The van der Waals surface area contributed by atoms with Gasteiger partial charge in [0.15, 0.2) is 5.82 Å². The van der Waals surface area contributed by atoms with Gasteiger partial charge in [-0.3, -0.25) is 9.48 Å². The first-order chi connectivity index (χ1) is 14.3. The number of hydrogen-bond donors (Lipinski definition) is 1. The highest BCUT2D eigenvalue weighted by atomic mass is 79.9. The summed E-state index contributed by atoms with van der Waals surface area (Å²) in [6.07, 6.45) is -0.346. The third-order valence-electron chi connectivity index (χ3n) is 5.12. The lowest BCUT2D eigenvalue weighted by atomic mass is 10.0. The summed E-state index contributed by atoms with van der Waals surface area (Å²) >= 11 is 2.97. The van der Waals surface area contributed by atoms with E-state index in [2.05, 4.69) is 31.3 Å². The van der Waals surface area contributed by atoms with Crippen molar-refractivity contribution in [2.24, 2.45) is 0 Å². The minimum Gasteiger partial charge on any atom is -0.332 e. The highest BCUT2D eigenvalue weighted by Crippen LogP contribution is 2.27. The predicted octanol–water partition coefficient (Wildman–Crippen LogP) is 2.88. The summed E-state index contributed by atoms with van der Waals surface area (Å²) in [4.78, 5) is 31.9. The van der Waals surface area contributed by atoms with Crippen LogP contribution in [0.4, 0.5) is 23.7 Å². The number of nitrogens with zero attached hydrogens (tertiary/aromatic N) is 5. The van der Waals surface area contributed by atoms with Gasteiger partial charge in [-0.15, -0.1) is 0 Å². The number of carbonyl (C=O) groups is 2. The molecule has 2 aromatic rings. The summed E-state index contributed by atoms with van der Waals surface area (Å²) in [5.41, 5.74) is 1.46. The second kappa shape index (κ2) is 8.25. The van der Waals surface area contributed by atoms with Crippen molar-refractivity contribution < 1.29 is 22.8 Å². The fourth-order valence-electron chi connectivity index (χ4n) is 3.71. The molecule has 2 aromatic heterocycles. The van der Waals surface area contributed by atoms with Crippen molar-refractivity contribution in [1.29, 1.82) is 0 Å². The highest BCUT2D eigenvalue weighted by Gasteiger charge is 2.34. The average Bonchev–Trinajstić information content (AvgIpc) is 2.99. The number of rotatable bonds is 3. The number of fused-ring (bicyclic) bond motifs is 3. The lowest BCUT2D eigenvalue weighted by Gasteiger charge is -2.28. The van der Waals surface area contributed by atoms with Crippen LogP contribution >= 0.6 is 15.9 Å². The van der Waals surface area contributed by atoms with Crippen LogP contribution in [0.25, 0.3) is 0 Å². The number of hydrogen-bond acceptors (Lipinski definition) is 4. The second-order valence-corrected chi connectivity index (χ2v) is 7.81. The summed E-state index contributed by atoms with van der Waals surface area (Å²) in [5, 5.41) is 6.97. The molecule has 30 heavy (non-hydrogen) atoms. The van der Waals surface area contributed by atoms with Gasteiger partial charge in [0, 0.05) is 37.8 Å². The van der Waals surface area contributed by atoms with Crippen LogP contribution in [0.5, 0.6) is 0 Å². The van der Waals surface area contributed by atoms with Crippen LogP contribution < -0.4 is 5.32 Å². The summed E-state index contributed by atoms with van der Waals surface area (Å²) in [5.74, 6) is -1.20. The molecule has 0 radical (unpaired) electrons. The van der Waals surface area contributed by atoms with E-state index >= 15 is 0 Å². The van der Waals surface area contributed by atoms with Gasteiger partial charge in [0.2, 0.25) is 0 Å². The van der Waals surface area contributed by atoms with E-state index in [9.17, 15) is 22.8 Å². The van der Waals surface area contributed by atoms with Crippen molar-refractivity contribution in [2.45, 2.75) is 32.4 Å². The van der Waals surface area contributed by atoms with E-state index < -0.39 is 30.7 Å². The number of carbonyl (C=O) groups excluding carboxylic acids is 2. The third kappa shape index (κ3) is 3.87. The maximum Gasteiger partial charge on any atom is 0.322 e. The highest BCUT2D eigenvalue weighted by molar-refractivity contribution is 9.10. The van der Waals surface area contributed by atoms with Gasteiger partial charge in [-0.2, -0.15) is 5.10 Å². The molecule has 0 saturated heterocycles. The molecule has 12 heteroatoms. The molecule has 0 saturated carbocycles. The summed E-state index contributed by atoms with van der Waals surface area (Å²) < 4.78 is 41.4. The number of halogens is 4. The van der Waals surface area contributed by atoms with Crippen molar-refractivity contribution in [3.8, 4) is 0 Å². The molecular formula is C18H18BrF3N6O2. The van der Waals surface area contributed by atoms with Crippen LogP contribution in [0.3, 0.4) is 0 Å². The van der Waals surface area contributed by atoms with Gasteiger partial charge >= 0.3 is 6.03 Å². The Bertz CT molecular complexity index is 999. The number of urea groups is 1. The van der Waals surface area contributed by atoms with E-state index in [1.807, 2.05) is 0 Å². The van der Waals surface area contributed by atoms with Gasteiger partial charge in [-0.05, 0) is 28.4 Å². The van der Waals surface area contributed by atoms with Crippen LogP contribution in [0.2, 0.25) is 0 Å². The Morgan fingerprint density at radius 2 is 2.10 bits per heavy atom. The van der Waals surface area contributed by atoms with Crippen LogP contribution in [0.1, 0.15) is 28.2 Å². The lowest BCUT2D eigenvalue weighted by molar-refractivity contribution is 0.0558. The molecule has 0 spiro atoms. The zero-order valence-corrected chi connectivity index (χ0v) is 17.3. The molecule has 2 aliphatic heterocycles. The van der Waals surface area contributed by atoms with Crippen LogP contribution in [-0.2, 0) is 19.5 Å². The lowest BCUT2D eigenvalue weighted by Crippen LogP contribution is -2.40. The van der Waals surface area contributed by atoms with E-state index in [4.69, 9.17) is 0 Å². The first-order valence-electron chi connectivity index (χ1n) is 9.37. The zero-order chi connectivity index (χ0) is 21.4. The van der Waals surface area contributed by atoms with Gasteiger partial charge in [-0.1, -0.05) is 0 Å². The molecule has 4 heterocycles. The number of alkyl halides is 2. The number of anilines is 1. The van der Waals surface area contributed by atoms with Crippen molar-refractivity contribution in [3.05, 3.63) is 39.6 Å². The van der Waals surface area contributed by atoms with Gasteiger partial charge in [0.1, 0.15) is 10.3 Å². The summed E-state index contributed by atoms with van der Waals surface area (Å²) in [7, 11) is 0. The fraction of sp³-hybridized carbons (Fsp3) is 0.444. The average molecular weight is 487 g/mol. The number of pyridine rings is 1. The number of amides is 3. The molecule has 8 nitrogen and oxygen atoms in total. The SMILES string of the molecule is O=C(Nc1ccnc(Br)c1F)N1CCc2nn3c(c2C1)C(=O)N(CC(F)F)CCC3. The van der Waals surface area contributed by atoms with E-state index in [1.54, 1.807) is 4.68 Å². The predicted molar refractivity (Wildman–Crippen MR) is 104 cm³/mol. The van der Waals surface area contributed by atoms with E-state index in [0.717, 1.165) is 4.90 Å². The molecule has 0 bridgehead atoms. The van der Waals surface area contributed by atoms with Crippen LogP contribution in [0, 0.1) is 5.82 Å². The Balaban J connectivity index is 1.57. The molecular weight excluding hydrogens is 469 g/mol. The van der Waals surface area contributed by atoms with E-state index in [-0.39, 0.29) is 29.1 Å². The summed E-state index contributed by atoms with van der Waals surface area (Å²) in [6.45, 7) is 0.438. The molecule has 4 rings (SSSR count). The molecule has 2 aliphatic rings. The van der Waals surface area contributed by atoms with E-state index in [0.29, 0.717) is 37.2 Å². The third-order valence-corrected chi connectivity index (χ3v) is 5.68. The Morgan fingerprint density at radius 3 is 2.87 bits per heavy atom. The maximum atomic E-state index is 14.1. The van der Waals surface area contributed by atoms with E-state index in [1.165, 1.54) is 17.2 Å². The van der Waals surface area contributed by atoms with Crippen molar-refractivity contribution in [3.63, 3.8) is 0 Å². The molecule has 160 valence electrons. The van der Waals surface area contributed by atoms with Crippen molar-refractivity contribution >= 4 is 33.6 Å². The minimum atomic E-state index is -2.63. The topological polar surface area (TPSA) is 83.4 Å². The molecule has 1 N–H and O–H groups in total. The van der Waals surface area contributed by atoms with Gasteiger partial charge in [-0.25, -0.2) is 22.9 Å². The first-order valence-corrected chi connectivity index (χ1v) is 10.2. The van der Waals surface area contributed by atoms with Gasteiger partial charge < -0.3 is 15.1 Å². The molecule has 0 fully saturated rings. The Morgan fingerprint density at radius 1 is 1.30 bits per heavy atom. The van der Waals surface area contributed by atoms with Crippen LogP contribution in [0.15, 0.2) is 16.9 Å². The normalized spacial score (nSPS) is 16.4. The first kappa shape index (κ1) is 20.6. The van der Waals surface area contributed by atoms with Crippen LogP contribution in [-0.4, -0.2) is 62.6 Å². The van der Waals surface area contributed by atoms with Crippen molar-refractivity contribution in [1.82, 2.24) is 24.6 Å². The molecule has 0 aliphatic carbocycles. The zero-order valence-electron chi connectivity index (χ0n) is 15.7. The monoisotopic (exact) mass is 486 g/mol. The smallest absolute Gasteiger partial charge is 0.322 e. The largest absolute Gasteiger partial charge is 0.332 e. The number of aromatic nitrogens is 3. The standard InChI is InChI=1S/C18H18BrF3N6O2/c19-16-14(22)12(2-4-23-16)24-18(30)27-7-3-11-10(8-27)15-17(29)26(9-13(20)21)5-1-6-28(15)25-11/h2,4,13H,1,3,5-9H2,(H,23,24,30). The number of nitrogens with one attached hydrogen (secondary N) is 1. The maximum absolute atomic E-state index is 14.1. The molecule has 3 amide bonds. The van der Waals surface area contributed by atoms with Gasteiger partial charge in [0.05, 0.1) is 24.5 Å².